The van der Waals surface area contributed by atoms with Crippen LogP contribution in [0.3, 0.4) is 0 Å². The van der Waals surface area contributed by atoms with Gasteiger partial charge >= 0.3 is 0 Å². The average molecular weight is 143 g/mol. The van der Waals surface area contributed by atoms with Crippen LogP contribution in [0.1, 0.15) is 20.3 Å². The Balaban J connectivity index is 2.42. The first-order valence-electron chi connectivity index (χ1n) is 4.02. The summed E-state index contributed by atoms with van der Waals surface area (Å²) in [6, 6.07) is 0.574. The van der Waals surface area contributed by atoms with Crippen molar-refractivity contribution < 1.29 is 4.74 Å². The zero-order valence-corrected chi connectivity index (χ0v) is 7.05. The van der Waals surface area contributed by atoms with Crippen molar-refractivity contribution in [3.05, 3.63) is 0 Å². The molecule has 0 aromatic rings. The Morgan fingerprint density at radius 2 is 2.20 bits per heavy atom. The number of nitrogens with one attached hydrogen (secondary N) is 1. The van der Waals surface area contributed by atoms with Crippen molar-refractivity contribution in [1.29, 1.82) is 0 Å². The lowest BCUT2D eigenvalue weighted by molar-refractivity contribution is 0.0785. The smallest absolute Gasteiger partial charge is 0.0738 e. The Morgan fingerprint density at radius 1 is 1.50 bits per heavy atom. The van der Waals surface area contributed by atoms with Gasteiger partial charge in [-0.2, -0.15) is 0 Å². The SMILES string of the molecule is CO[C@H]1CCN[C@H]1C(C)C. The quantitative estimate of drug-likeness (QED) is 0.623. The van der Waals surface area contributed by atoms with Crippen molar-refractivity contribution in [2.75, 3.05) is 13.7 Å². The van der Waals surface area contributed by atoms with E-state index in [9.17, 15) is 0 Å². The molecule has 2 nitrogen and oxygen atoms in total. The van der Waals surface area contributed by atoms with Crippen LogP contribution in [0.2, 0.25) is 0 Å². The van der Waals surface area contributed by atoms with E-state index in [0.29, 0.717) is 18.1 Å². The number of rotatable bonds is 2. The van der Waals surface area contributed by atoms with Gasteiger partial charge in [-0.05, 0) is 18.9 Å². The predicted molar refractivity (Wildman–Crippen MR) is 42.0 cm³/mol. The van der Waals surface area contributed by atoms with E-state index in [1.54, 1.807) is 7.11 Å². The minimum Gasteiger partial charge on any atom is -0.380 e. The highest BCUT2D eigenvalue weighted by Gasteiger charge is 2.28. The highest BCUT2D eigenvalue weighted by molar-refractivity contribution is 4.86. The second kappa shape index (κ2) is 3.35. The fourth-order valence-corrected chi connectivity index (χ4v) is 1.63. The van der Waals surface area contributed by atoms with E-state index < -0.39 is 0 Å². The standard InChI is InChI=1S/C8H17NO/c1-6(2)8-7(10-3)4-5-9-8/h6-9H,4-5H2,1-3H3/t7-,8-/m0/s1. The Labute approximate surface area is 63.0 Å². The maximum atomic E-state index is 5.32. The summed E-state index contributed by atoms with van der Waals surface area (Å²) >= 11 is 0. The fraction of sp³-hybridized carbons (Fsp3) is 1.00. The Morgan fingerprint density at radius 3 is 2.60 bits per heavy atom. The number of hydrogen-bond acceptors (Lipinski definition) is 2. The molecule has 0 aromatic heterocycles. The Bertz CT molecular complexity index is 103. The summed E-state index contributed by atoms with van der Waals surface area (Å²) in [5.41, 5.74) is 0. The van der Waals surface area contributed by atoms with Crippen molar-refractivity contribution in [3.8, 4) is 0 Å². The van der Waals surface area contributed by atoms with E-state index in [1.165, 1.54) is 6.42 Å². The minimum atomic E-state index is 0.444. The van der Waals surface area contributed by atoms with Gasteiger partial charge in [0.15, 0.2) is 0 Å². The summed E-state index contributed by atoms with van der Waals surface area (Å²) in [5, 5.41) is 3.43. The highest BCUT2D eigenvalue weighted by atomic mass is 16.5. The van der Waals surface area contributed by atoms with E-state index in [0.717, 1.165) is 6.54 Å². The molecule has 1 fully saturated rings. The van der Waals surface area contributed by atoms with Gasteiger partial charge in [-0.3, -0.25) is 0 Å². The molecule has 0 aliphatic carbocycles. The summed E-state index contributed by atoms with van der Waals surface area (Å²) in [7, 11) is 1.80. The lowest BCUT2D eigenvalue weighted by Crippen LogP contribution is -2.36. The maximum Gasteiger partial charge on any atom is 0.0738 e. The third-order valence-corrected chi connectivity index (χ3v) is 2.23. The summed E-state index contributed by atoms with van der Waals surface area (Å²) in [6.45, 7) is 5.57. The van der Waals surface area contributed by atoms with E-state index in [2.05, 4.69) is 19.2 Å². The first kappa shape index (κ1) is 8.02. The molecule has 0 unspecified atom stereocenters. The van der Waals surface area contributed by atoms with Crippen molar-refractivity contribution in [3.63, 3.8) is 0 Å². The van der Waals surface area contributed by atoms with E-state index in [-0.39, 0.29) is 0 Å². The molecule has 2 atom stereocenters. The van der Waals surface area contributed by atoms with Crippen LogP contribution in [0.5, 0.6) is 0 Å². The second-order valence-electron chi connectivity index (χ2n) is 3.29. The van der Waals surface area contributed by atoms with Crippen molar-refractivity contribution in [2.45, 2.75) is 32.4 Å². The molecule has 0 spiro atoms. The van der Waals surface area contributed by atoms with Crippen molar-refractivity contribution in [1.82, 2.24) is 5.32 Å². The lowest BCUT2D eigenvalue weighted by Gasteiger charge is -2.21. The Kier molecular flexibility index (Phi) is 2.69. The van der Waals surface area contributed by atoms with Crippen LogP contribution in [-0.4, -0.2) is 25.8 Å². The number of ether oxygens (including phenoxy) is 1. The number of methoxy groups -OCH3 is 1. The molecular weight excluding hydrogens is 126 g/mol. The van der Waals surface area contributed by atoms with Crippen molar-refractivity contribution in [2.24, 2.45) is 5.92 Å². The topological polar surface area (TPSA) is 21.3 Å². The van der Waals surface area contributed by atoms with Gasteiger partial charge in [0.25, 0.3) is 0 Å². The normalized spacial score (nSPS) is 33.6. The van der Waals surface area contributed by atoms with E-state index >= 15 is 0 Å². The summed E-state index contributed by atoms with van der Waals surface area (Å²) < 4.78 is 5.32. The predicted octanol–water partition coefficient (Wildman–Crippen LogP) is 1.02. The van der Waals surface area contributed by atoms with Crippen molar-refractivity contribution >= 4 is 0 Å². The average Bonchev–Trinajstić information content (AvgIpc) is 2.33. The van der Waals surface area contributed by atoms with E-state index in [4.69, 9.17) is 4.74 Å². The lowest BCUT2D eigenvalue weighted by atomic mass is 10.0. The van der Waals surface area contributed by atoms with Gasteiger partial charge in [0, 0.05) is 13.2 Å². The van der Waals surface area contributed by atoms with Crippen LogP contribution in [0, 0.1) is 5.92 Å². The van der Waals surface area contributed by atoms with Gasteiger partial charge in [-0.25, -0.2) is 0 Å². The molecule has 60 valence electrons. The molecule has 0 saturated carbocycles. The third kappa shape index (κ3) is 1.50. The van der Waals surface area contributed by atoms with Crippen LogP contribution in [0.15, 0.2) is 0 Å². The molecule has 1 N–H and O–H groups in total. The fourth-order valence-electron chi connectivity index (χ4n) is 1.63. The molecule has 1 rings (SSSR count). The largest absolute Gasteiger partial charge is 0.380 e. The van der Waals surface area contributed by atoms with Gasteiger partial charge in [-0.15, -0.1) is 0 Å². The molecule has 1 aliphatic rings. The first-order chi connectivity index (χ1) is 4.75. The molecule has 10 heavy (non-hydrogen) atoms. The third-order valence-electron chi connectivity index (χ3n) is 2.23. The first-order valence-corrected chi connectivity index (χ1v) is 4.02. The molecular formula is C8H17NO. The van der Waals surface area contributed by atoms with Crippen LogP contribution in [0.25, 0.3) is 0 Å². The summed E-state index contributed by atoms with van der Waals surface area (Å²) in [4.78, 5) is 0. The monoisotopic (exact) mass is 143 g/mol. The van der Waals surface area contributed by atoms with Gasteiger partial charge in [0.2, 0.25) is 0 Å². The van der Waals surface area contributed by atoms with Crippen LogP contribution in [-0.2, 0) is 4.74 Å². The zero-order valence-electron chi connectivity index (χ0n) is 7.05. The molecule has 1 heterocycles. The molecule has 0 amide bonds. The van der Waals surface area contributed by atoms with Gasteiger partial charge in [-0.1, -0.05) is 13.8 Å². The molecule has 1 saturated heterocycles. The van der Waals surface area contributed by atoms with Gasteiger partial charge in [0.05, 0.1) is 6.10 Å². The zero-order chi connectivity index (χ0) is 7.56. The van der Waals surface area contributed by atoms with Crippen LogP contribution in [0.4, 0.5) is 0 Å². The Hall–Kier alpha value is -0.0800. The number of hydrogen-bond donors (Lipinski definition) is 1. The summed E-state index contributed by atoms with van der Waals surface area (Å²) in [6.07, 6.45) is 1.61. The molecule has 1 aliphatic heterocycles. The molecule has 0 aromatic carbocycles. The van der Waals surface area contributed by atoms with Gasteiger partial charge in [0.1, 0.15) is 0 Å². The molecule has 0 bridgehead atoms. The summed E-state index contributed by atoms with van der Waals surface area (Å²) in [5.74, 6) is 0.687. The van der Waals surface area contributed by atoms with E-state index in [1.807, 2.05) is 0 Å². The van der Waals surface area contributed by atoms with Gasteiger partial charge < -0.3 is 10.1 Å². The second-order valence-corrected chi connectivity index (χ2v) is 3.29. The highest BCUT2D eigenvalue weighted by Crippen LogP contribution is 2.16. The molecule has 0 radical (unpaired) electrons. The minimum absolute atomic E-state index is 0.444. The maximum absolute atomic E-state index is 5.32. The van der Waals surface area contributed by atoms with Crippen LogP contribution >= 0.6 is 0 Å². The van der Waals surface area contributed by atoms with Crippen LogP contribution < -0.4 is 5.32 Å². The molecule has 2 heteroatoms.